The van der Waals surface area contributed by atoms with E-state index in [1.165, 1.54) is 6.07 Å². The lowest BCUT2D eigenvalue weighted by Crippen LogP contribution is -2.25. The van der Waals surface area contributed by atoms with Crippen LogP contribution >= 0.6 is 0 Å². The molecule has 0 aliphatic rings. The number of amides is 1. The zero-order chi connectivity index (χ0) is 24.3. The van der Waals surface area contributed by atoms with Crippen LogP contribution in [0.5, 0.6) is 5.75 Å². The molecule has 0 unspecified atom stereocenters. The lowest BCUT2D eigenvalue weighted by Gasteiger charge is -2.12. The zero-order valence-corrected chi connectivity index (χ0v) is 16.5. The van der Waals surface area contributed by atoms with Crippen LogP contribution in [0.1, 0.15) is 22.5 Å². The van der Waals surface area contributed by atoms with Gasteiger partial charge in [0, 0.05) is 35.5 Å². The molecule has 14 heteroatoms. The summed E-state index contributed by atoms with van der Waals surface area (Å²) in [6.45, 7) is -4.80. The molecule has 0 atom stereocenters. The molecular weight excluding hydrogens is 458 g/mol. The van der Waals surface area contributed by atoms with Crippen molar-refractivity contribution < 1.29 is 35.9 Å². The molecular formula is C19H16F6N6O2. The van der Waals surface area contributed by atoms with Crippen LogP contribution in [-0.2, 0) is 6.54 Å². The molecule has 1 aromatic carbocycles. The summed E-state index contributed by atoms with van der Waals surface area (Å²) in [5.41, 5.74) is 11.6. The van der Waals surface area contributed by atoms with E-state index >= 15 is 0 Å². The van der Waals surface area contributed by atoms with Crippen molar-refractivity contribution >= 4 is 17.5 Å². The van der Waals surface area contributed by atoms with Gasteiger partial charge in [0.2, 0.25) is 0 Å². The number of nitrogens with zero attached hydrogens (tertiary/aromatic N) is 3. The van der Waals surface area contributed by atoms with Crippen LogP contribution < -0.4 is 21.5 Å². The third-order valence-electron chi connectivity index (χ3n) is 4.31. The molecule has 0 spiro atoms. The molecule has 2 aromatic heterocycles. The van der Waals surface area contributed by atoms with Crippen LogP contribution in [0.2, 0.25) is 0 Å². The van der Waals surface area contributed by atoms with Gasteiger partial charge in [0.1, 0.15) is 23.2 Å². The normalized spacial score (nSPS) is 11.6. The number of ether oxygens (including phenoxy) is 1. The second-order valence-corrected chi connectivity index (χ2v) is 6.68. The summed E-state index contributed by atoms with van der Waals surface area (Å²) in [6, 6.07) is 4.25. The SMILES string of the molecule is Nc1nc(N)c(-c2cnn(C(F)F)c2)cc1C(=O)NCc1ccc(OCC(F)(F)F)cc1F. The highest BCUT2D eigenvalue weighted by molar-refractivity contribution is 6.00. The van der Waals surface area contributed by atoms with Gasteiger partial charge in [-0.25, -0.2) is 14.1 Å². The largest absolute Gasteiger partial charge is 0.484 e. The summed E-state index contributed by atoms with van der Waals surface area (Å²) >= 11 is 0. The van der Waals surface area contributed by atoms with E-state index in [0.29, 0.717) is 4.68 Å². The lowest BCUT2D eigenvalue weighted by atomic mass is 10.1. The van der Waals surface area contributed by atoms with Crippen molar-refractivity contribution in [2.45, 2.75) is 19.3 Å². The number of anilines is 2. The number of benzene rings is 1. The monoisotopic (exact) mass is 474 g/mol. The number of rotatable bonds is 7. The minimum absolute atomic E-state index is 0.0388. The standard InChI is InChI=1S/C19H16F6N6O2/c20-14-3-11(33-8-19(23,24)25)2-1-9(14)5-28-17(32)13-4-12(15(26)30-16(13)27)10-6-29-31(7-10)18(21)22/h1-4,6-7,18H,5,8H2,(H,28,32)(H4,26,27,30). The first kappa shape index (κ1) is 23.7. The Morgan fingerprint density at radius 3 is 2.52 bits per heavy atom. The third-order valence-corrected chi connectivity index (χ3v) is 4.31. The summed E-state index contributed by atoms with van der Waals surface area (Å²) < 4.78 is 81.1. The zero-order valence-electron chi connectivity index (χ0n) is 16.5. The highest BCUT2D eigenvalue weighted by Crippen LogP contribution is 2.29. The van der Waals surface area contributed by atoms with Crippen molar-refractivity contribution in [3.63, 3.8) is 0 Å². The van der Waals surface area contributed by atoms with Gasteiger partial charge in [-0.2, -0.15) is 27.1 Å². The van der Waals surface area contributed by atoms with Gasteiger partial charge in [-0.1, -0.05) is 6.07 Å². The van der Waals surface area contributed by atoms with E-state index in [2.05, 4.69) is 20.1 Å². The second-order valence-electron chi connectivity index (χ2n) is 6.68. The summed E-state index contributed by atoms with van der Waals surface area (Å²) in [5, 5.41) is 5.88. The maximum absolute atomic E-state index is 14.2. The van der Waals surface area contributed by atoms with E-state index in [0.717, 1.165) is 30.6 Å². The number of pyridine rings is 1. The molecule has 2 heterocycles. The summed E-state index contributed by atoms with van der Waals surface area (Å²) in [6.07, 6.45) is -2.46. The van der Waals surface area contributed by atoms with Crippen LogP contribution in [0.15, 0.2) is 36.7 Å². The molecule has 8 nitrogen and oxygen atoms in total. The molecule has 0 fully saturated rings. The van der Waals surface area contributed by atoms with Crippen molar-refractivity contribution in [1.82, 2.24) is 20.1 Å². The first-order valence-corrected chi connectivity index (χ1v) is 9.09. The number of carbonyl (C=O) groups excluding carboxylic acids is 1. The number of alkyl halides is 5. The van der Waals surface area contributed by atoms with E-state index < -0.39 is 31.1 Å². The third kappa shape index (κ3) is 5.84. The fourth-order valence-electron chi connectivity index (χ4n) is 2.74. The molecule has 0 saturated heterocycles. The number of halogens is 6. The first-order valence-electron chi connectivity index (χ1n) is 9.09. The Bertz CT molecular complexity index is 1160. The Balaban J connectivity index is 1.74. The molecule has 0 bridgehead atoms. The summed E-state index contributed by atoms with van der Waals surface area (Å²) in [5.74, 6) is -2.40. The highest BCUT2D eigenvalue weighted by Gasteiger charge is 2.28. The molecule has 5 N–H and O–H groups in total. The van der Waals surface area contributed by atoms with Gasteiger partial charge in [-0.3, -0.25) is 4.79 Å². The predicted octanol–water partition coefficient (Wildman–Crippen LogP) is 3.51. The van der Waals surface area contributed by atoms with Crippen molar-refractivity contribution in [2.24, 2.45) is 0 Å². The number of aromatic nitrogens is 3. The molecule has 0 radical (unpaired) electrons. The molecule has 0 aliphatic carbocycles. The fraction of sp³-hybridized carbons (Fsp3) is 0.211. The smallest absolute Gasteiger partial charge is 0.422 e. The van der Waals surface area contributed by atoms with Crippen LogP contribution in [-0.4, -0.2) is 33.5 Å². The van der Waals surface area contributed by atoms with Crippen molar-refractivity contribution in [2.75, 3.05) is 18.1 Å². The number of nitrogen functional groups attached to an aromatic ring is 2. The molecule has 0 aliphatic heterocycles. The number of carbonyl (C=O) groups is 1. The lowest BCUT2D eigenvalue weighted by molar-refractivity contribution is -0.153. The van der Waals surface area contributed by atoms with Crippen molar-refractivity contribution in [3.05, 3.63) is 53.6 Å². The van der Waals surface area contributed by atoms with Crippen molar-refractivity contribution in [1.29, 1.82) is 0 Å². The van der Waals surface area contributed by atoms with Crippen LogP contribution in [0, 0.1) is 5.82 Å². The Labute approximate surface area is 182 Å². The average molecular weight is 474 g/mol. The van der Waals surface area contributed by atoms with E-state index in [9.17, 15) is 31.1 Å². The molecule has 176 valence electrons. The van der Waals surface area contributed by atoms with E-state index in [4.69, 9.17) is 11.5 Å². The van der Waals surface area contributed by atoms with Gasteiger partial charge in [-0.05, 0) is 12.1 Å². The Hall–Kier alpha value is -3.97. The molecule has 0 saturated carbocycles. The Morgan fingerprint density at radius 2 is 1.91 bits per heavy atom. The molecule has 3 aromatic rings. The van der Waals surface area contributed by atoms with E-state index in [1.54, 1.807) is 0 Å². The van der Waals surface area contributed by atoms with Gasteiger partial charge >= 0.3 is 12.7 Å². The Morgan fingerprint density at radius 1 is 1.18 bits per heavy atom. The van der Waals surface area contributed by atoms with Gasteiger partial charge in [0.25, 0.3) is 5.91 Å². The Kier molecular flexibility index (Phi) is 6.65. The number of hydrogen-bond acceptors (Lipinski definition) is 6. The van der Waals surface area contributed by atoms with Gasteiger partial charge < -0.3 is 21.5 Å². The second kappa shape index (κ2) is 9.26. The predicted molar refractivity (Wildman–Crippen MR) is 105 cm³/mol. The highest BCUT2D eigenvalue weighted by atomic mass is 19.4. The van der Waals surface area contributed by atoms with Crippen LogP contribution in [0.25, 0.3) is 11.1 Å². The van der Waals surface area contributed by atoms with Gasteiger partial charge in [-0.15, -0.1) is 0 Å². The quantitative estimate of drug-likeness (QED) is 0.451. The van der Waals surface area contributed by atoms with E-state index in [1.807, 2.05) is 0 Å². The number of hydrogen-bond donors (Lipinski definition) is 3. The summed E-state index contributed by atoms with van der Waals surface area (Å²) in [4.78, 5) is 16.4. The first-order chi connectivity index (χ1) is 15.4. The number of nitrogens with two attached hydrogens (primary N) is 2. The van der Waals surface area contributed by atoms with Gasteiger partial charge in [0.05, 0.1) is 11.8 Å². The van der Waals surface area contributed by atoms with Crippen LogP contribution in [0.3, 0.4) is 0 Å². The van der Waals surface area contributed by atoms with Gasteiger partial charge in [0.15, 0.2) is 6.61 Å². The molecule has 33 heavy (non-hydrogen) atoms. The van der Waals surface area contributed by atoms with Crippen LogP contribution in [0.4, 0.5) is 38.0 Å². The van der Waals surface area contributed by atoms with Crippen molar-refractivity contribution in [3.8, 4) is 16.9 Å². The average Bonchev–Trinajstić information content (AvgIpc) is 3.21. The molecule has 3 rings (SSSR count). The maximum Gasteiger partial charge on any atom is 0.422 e. The minimum Gasteiger partial charge on any atom is -0.484 e. The maximum atomic E-state index is 14.2. The number of nitrogens with one attached hydrogen (secondary N) is 1. The topological polar surface area (TPSA) is 121 Å². The summed E-state index contributed by atoms with van der Waals surface area (Å²) in [7, 11) is 0. The minimum atomic E-state index is -4.58. The van der Waals surface area contributed by atoms with E-state index in [-0.39, 0.29) is 46.2 Å². The fourth-order valence-corrected chi connectivity index (χ4v) is 2.74. The molecule has 1 amide bonds.